The van der Waals surface area contributed by atoms with Crippen molar-refractivity contribution in [1.82, 2.24) is 4.57 Å². The molecule has 0 N–H and O–H groups in total. The molecule has 0 radical (unpaired) electrons. The molecule has 0 atom stereocenters. The Morgan fingerprint density at radius 3 is 1.52 bits per heavy atom. The van der Waals surface area contributed by atoms with E-state index < -0.39 is 0 Å². The smallest absolute Gasteiger partial charge is 0.0471 e. The normalized spacial score (nSPS) is 12.0. The number of rotatable bonds is 18. The van der Waals surface area contributed by atoms with Gasteiger partial charge in [0.1, 0.15) is 0 Å². The van der Waals surface area contributed by atoms with Gasteiger partial charge in [-0.05, 0) is 36.8 Å². The van der Waals surface area contributed by atoms with E-state index in [1.807, 2.05) is 0 Å². The van der Waals surface area contributed by atoms with Gasteiger partial charge in [0, 0.05) is 32.2 Å². The average Bonchev–Trinajstić information content (AvgIpc) is 3.13. The van der Waals surface area contributed by atoms with Gasteiger partial charge in [0.15, 0.2) is 0 Å². The average molecular weight is 378 g/mol. The van der Waals surface area contributed by atoms with Crippen LogP contribution in [0.2, 0.25) is 0 Å². The molecule has 0 unspecified atom stereocenters. The molecule has 0 bridgehead atoms. The molecule has 0 spiro atoms. The number of hydrogen-bond acceptors (Lipinski definition) is 1. The molecule has 0 amide bonds. The van der Waals surface area contributed by atoms with E-state index in [0.29, 0.717) is 5.41 Å². The quantitative estimate of drug-likeness (QED) is 0.236. The standard InChI is InChI=1S/C25H47NO/c1-25(2,3)19-24-27-23-18-14-12-10-8-6-4-5-7-9-11-13-15-20-26-21-16-17-22-26/h16-17,21-22H,4-15,18-20,23-24H2,1-3H3. The maximum absolute atomic E-state index is 5.73. The molecule has 0 fully saturated rings. The second kappa shape index (κ2) is 16.2. The lowest BCUT2D eigenvalue weighted by Gasteiger charge is -2.17. The van der Waals surface area contributed by atoms with Crippen molar-refractivity contribution in [3.05, 3.63) is 24.5 Å². The van der Waals surface area contributed by atoms with Crippen molar-refractivity contribution in [2.24, 2.45) is 5.41 Å². The van der Waals surface area contributed by atoms with Gasteiger partial charge in [-0.15, -0.1) is 0 Å². The number of nitrogens with zero attached hydrogens (tertiary/aromatic N) is 1. The lowest BCUT2D eigenvalue weighted by molar-refractivity contribution is 0.105. The highest BCUT2D eigenvalue weighted by molar-refractivity contribution is 4.89. The van der Waals surface area contributed by atoms with Crippen LogP contribution >= 0.6 is 0 Å². The molecule has 1 rings (SSSR count). The summed E-state index contributed by atoms with van der Waals surface area (Å²) in [5.74, 6) is 0. The highest BCUT2D eigenvalue weighted by atomic mass is 16.5. The zero-order chi connectivity index (χ0) is 19.6. The second-order valence-electron chi connectivity index (χ2n) is 9.44. The fourth-order valence-electron chi connectivity index (χ4n) is 3.44. The summed E-state index contributed by atoms with van der Waals surface area (Å²) >= 11 is 0. The van der Waals surface area contributed by atoms with Gasteiger partial charge in [-0.1, -0.05) is 91.4 Å². The van der Waals surface area contributed by atoms with E-state index in [0.717, 1.165) is 13.2 Å². The Bertz CT molecular complexity index is 404. The monoisotopic (exact) mass is 377 g/mol. The van der Waals surface area contributed by atoms with Gasteiger partial charge in [0.05, 0.1) is 0 Å². The van der Waals surface area contributed by atoms with Crippen molar-refractivity contribution in [2.75, 3.05) is 13.2 Å². The Kier molecular flexibility index (Phi) is 14.6. The van der Waals surface area contributed by atoms with Crippen molar-refractivity contribution in [1.29, 1.82) is 0 Å². The summed E-state index contributed by atoms with van der Waals surface area (Å²) in [6, 6.07) is 4.23. The summed E-state index contributed by atoms with van der Waals surface area (Å²) < 4.78 is 8.03. The van der Waals surface area contributed by atoms with Crippen LogP contribution in [0.5, 0.6) is 0 Å². The SMILES string of the molecule is CC(C)(C)CCOCCCCCCCCCCCCCCCn1cccc1. The Labute approximate surface area is 170 Å². The van der Waals surface area contributed by atoms with Crippen LogP contribution in [0.15, 0.2) is 24.5 Å². The minimum atomic E-state index is 0.406. The maximum Gasteiger partial charge on any atom is 0.0471 e. The van der Waals surface area contributed by atoms with Gasteiger partial charge in [-0.2, -0.15) is 0 Å². The van der Waals surface area contributed by atoms with E-state index in [9.17, 15) is 0 Å². The van der Waals surface area contributed by atoms with Gasteiger partial charge < -0.3 is 9.30 Å². The molecule has 27 heavy (non-hydrogen) atoms. The van der Waals surface area contributed by atoms with E-state index >= 15 is 0 Å². The van der Waals surface area contributed by atoms with Crippen LogP contribution in [0.4, 0.5) is 0 Å². The topological polar surface area (TPSA) is 14.2 Å². The van der Waals surface area contributed by atoms with Crippen LogP contribution in [-0.4, -0.2) is 17.8 Å². The number of hydrogen-bond donors (Lipinski definition) is 0. The van der Waals surface area contributed by atoms with Crippen LogP contribution in [0.3, 0.4) is 0 Å². The van der Waals surface area contributed by atoms with Gasteiger partial charge in [-0.3, -0.25) is 0 Å². The molecule has 0 aliphatic rings. The van der Waals surface area contributed by atoms with Crippen molar-refractivity contribution in [2.45, 2.75) is 117 Å². The number of unbranched alkanes of at least 4 members (excludes halogenated alkanes) is 12. The largest absolute Gasteiger partial charge is 0.381 e. The molecule has 1 heterocycles. The van der Waals surface area contributed by atoms with E-state index in [1.54, 1.807) is 0 Å². The molecular formula is C25H47NO. The van der Waals surface area contributed by atoms with Crippen LogP contribution in [0.1, 0.15) is 111 Å². The fraction of sp³-hybridized carbons (Fsp3) is 0.840. The number of aryl methyl sites for hydroxylation is 1. The molecule has 2 heteroatoms. The van der Waals surface area contributed by atoms with E-state index in [-0.39, 0.29) is 0 Å². The molecule has 1 aromatic heterocycles. The Balaban J connectivity index is 1.67. The molecule has 0 aromatic carbocycles. The molecule has 0 aliphatic heterocycles. The van der Waals surface area contributed by atoms with Gasteiger partial charge in [0.25, 0.3) is 0 Å². The predicted molar refractivity (Wildman–Crippen MR) is 119 cm³/mol. The molecule has 0 aliphatic carbocycles. The van der Waals surface area contributed by atoms with Crippen molar-refractivity contribution < 1.29 is 4.74 Å². The second-order valence-corrected chi connectivity index (χ2v) is 9.44. The van der Waals surface area contributed by atoms with E-state index in [4.69, 9.17) is 4.74 Å². The first-order chi connectivity index (χ1) is 13.1. The zero-order valence-corrected chi connectivity index (χ0v) is 18.7. The summed E-state index contributed by atoms with van der Waals surface area (Å²) in [4.78, 5) is 0. The summed E-state index contributed by atoms with van der Waals surface area (Å²) in [7, 11) is 0. The van der Waals surface area contributed by atoms with Crippen molar-refractivity contribution in [3.8, 4) is 0 Å². The Hall–Kier alpha value is -0.760. The molecule has 1 aromatic rings. The van der Waals surface area contributed by atoms with Crippen molar-refractivity contribution >= 4 is 0 Å². The van der Waals surface area contributed by atoms with Crippen LogP contribution in [0, 0.1) is 5.41 Å². The van der Waals surface area contributed by atoms with Crippen LogP contribution < -0.4 is 0 Å². The zero-order valence-electron chi connectivity index (χ0n) is 18.7. The van der Waals surface area contributed by atoms with Crippen LogP contribution in [-0.2, 0) is 11.3 Å². The first-order valence-electron chi connectivity index (χ1n) is 11.8. The van der Waals surface area contributed by atoms with E-state index in [2.05, 4.69) is 49.9 Å². The molecular weight excluding hydrogens is 330 g/mol. The summed E-state index contributed by atoms with van der Waals surface area (Å²) in [5.41, 5.74) is 0.406. The third-order valence-electron chi connectivity index (χ3n) is 5.37. The van der Waals surface area contributed by atoms with E-state index in [1.165, 1.54) is 96.4 Å². The molecule has 2 nitrogen and oxygen atoms in total. The van der Waals surface area contributed by atoms with Gasteiger partial charge >= 0.3 is 0 Å². The van der Waals surface area contributed by atoms with Crippen LogP contribution in [0.25, 0.3) is 0 Å². The summed E-state index contributed by atoms with van der Waals surface area (Å²) in [6.45, 7) is 9.92. The van der Waals surface area contributed by atoms with Gasteiger partial charge in [0.2, 0.25) is 0 Å². The minimum absolute atomic E-state index is 0.406. The number of aromatic nitrogens is 1. The fourth-order valence-corrected chi connectivity index (χ4v) is 3.44. The molecule has 158 valence electrons. The number of ether oxygens (including phenoxy) is 1. The first kappa shape index (κ1) is 24.3. The summed E-state index contributed by atoms with van der Waals surface area (Å²) in [6.07, 6.45) is 23.7. The lowest BCUT2D eigenvalue weighted by atomic mass is 9.93. The third kappa shape index (κ3) is 17.1. The van der Waals surface area contributed by atoms with Crippen molar-refractivity contribution in [3.63, 3.8) is 0 Å². The van der Waals surface area contributed by atoms with Gasteiger partial charge in [-0.25, -0.2) is 0 Å². The molecule has 0 saturated carbocycles. The third-order valence-corrected chi connectivity index (χ3v) is 5.37. The Morgan fingerprint density at radius 2 is 1.04 bits per heavy atom. The first-order valence-corrected chi connectivity index (χ1v) is 11.8. The molecule has 0 saturated heterocycles. The maximum atomic E-state index is 5.73. The lowest BCUT2D eigenvalue weighted by Crippen LogP contribution is -2.09. The highest BCUT2D eigenvalue weighted by Crippen LogP contribution is 2.18. The predicted octanol–water partition coefficient (Wildman–Crippen LogP) is 8.01. The highest BCUT2D eigenvalue weighted by Gasteiger charge is 2.08. The summed E-state index contributed by atoms with van der Waals surface area (Å²) in [5, 5.41) is 0. The minimum Gasteiger partial charge on any atom is -0.381 e. The Morgan fingerprint density at radius 1 is 0.593 bits per heavy atom.